The smallest absolute Gasteiger partial charge is 0.327 e. The van der Waals surface area contributed by atoms with Gasteiger partial charge in [-0.1, -0.05) is 70.0 Å². The molecule has 1 aliphatic heterocycles. The van der Waals surface area contributed by atoms with Crippen molar-refractivity contribution in [1.82, 2.24) is 0 Å². The molecule has 1 N–H and O–H groups in total. The van der Waals surface area contributed by atoms with Crippen molar-refractivity contribution in [3.63, 3.8) is 0 Å². The van der Waals surface area contributed by atoms with Crippen molar-refractivity contribution >= 4 is 50.9 Å². The molecule has 3 aromatic rings. The van der Waals surface area contributed by atoms with E-state index >= 15 is 0 Å². The molecule has 142 valence electrons. The van der Waals surface area contributed by atoms with Gasteiger partial charge in [0.1, 0.15) is 6.04 Å². The molecule has 3 aromatic carbocycles. The third-order valence-electron chi connectivity index (χ3n) is 4.74. The molecule has 1 heterocycles. The summed E-state index contributed by atoms with van der Waals surface area (Å²) in [5.74, 6) is -0.837. The number of rotatable bonds is 5. The molecule has 0 aromatic heterocycles. The number of nitrogens with zero attached hydrogens (tertiary/aromatic N) is 1. The minimum atomic E-state index is -0.837. The SMILES string of the molecule is O=C(O)C1C(Sc2cccc(Br)c2)c2ccc(Cl)cc2N1Cc1ccccc1. The third kappa shape index (κ3) is 3.93. The lowest BCUT2D eigenvalue weighted by molar-refractivity contribution is -0.138. The summed E-state index contributed by atoms with van der Waals surface area (Å²) in [6.45, 7) is 0.515. The number of thioether (sulfide) groups is 1. The molecule has 2 unspecified atom stereocenters. The van der Waals surface area contributed by atoms with Crippen LogP contribution in [-0.4, -0.2) is 17.1 Å². The maximum atomic E-state index is 12.3. The molecule has 0 amide bonds. The van der Waals surface area contributed by atoms with Gasteiger partial charge in [0.25, 0.3) is 0 Å². The first-order valence-electron chi connectivity index (χ1n) is 8.78. The first kappa shape index (κ1) is 19.4. The van der Waals surface area contributed by atoms with Crippen LogP contribution in [0.3, 0.4) is 0 Å². The second kappa shape index (κ2) is 8.19. The van der Waals surface area contributed by atoms with Crippen LogP contribution in [0.1, 0.15) is 16.4 Å². The molecule has 0 spiro atoms. The number of carboxylic acid groups (broad SMARTS) is 1. The molecule has 28 heavy (non-hydrogen) atoms. The van der Waals surface area contributed by atoms with E-state index in [1.807, 2.05) is 77.7 Å². The molecule has 0 saturated carbocycles. The highest BCUT2D eigenvalue weighted by atomic mass is 79.9. The summed E-state index contributed by atoms with van der Waals surface area (Å²) in [6, 6.07) is 22.8. The summed E-state index contributed by atoms with van der Waals surface area (Å²) < 4.78 is 0.972. The third-order valence-corrected chi connectivity index (χ3v) is 6.76. The number of carbonyl (C=O) groups is 1. The molecule has 2 atom stereocenters. The minimum Gasteiger partial charge on any atom is -0.480 e. The Bertz CT molecular complexity index is 1010. The van der Waals surface area contributed by atoms with Gasteiger partial charge in [-0.05, 0) is 41.5 Å². The van der Waals surface area contributed by atoms with Crippen LogP contribution in [0, 0.1) is 0 Å². The summed E-state index contributed by atoms with van der Waals surface area (Å²) in [5.41, 5.74) is 2.95. The van der Waals surface area contributed by atoms with Crippen molar-refractivity contribution in [3.8, 4) is 0 Å². The molecule has 3 nitrogen and oxygen atoms in total. The van der Waals surface area contributed by atoms with Crippen molar-refractivity contribution in [2.75, 3.05) is 4.90 Å². The van der Waals surface area contributed by atoms with Crippen LogP contribution in [0.5, 0.6) is 0 Å². The van der Waals surface area contributed by atoms with Crippen LogP contribution in [0.2, 0.25) is 5.02 Å². The molecule has 0 saturated heterocycles. The van der Waals surface area contributed by atoms with Crippen LogP contribution < -0.4 is 4.90 Å². The lowest BCUT2D eigenvalue weighted by atomic mass is 10.1. The van der Waals surface area contributed by atoms with Gasteiger partial charge in [-0.3, -0.25) is 0 Å². The van der Waals surface area contributed by atoms with E-state index in [9.17, 15) is 9.90 Å². The molecular weight excluding hydrogens is 458 g/mol. The Hall–Kier alpha value is -1.95. The van der Waals surface area contributed by atoms with Gasteiger partial charge in [-0.15, -0.1) is 11.8 Å². The van der Waals surface area contributed by atoms with Crippen molar-refractivity contribution in [2.45, 2.75) is 22.7 Å². The fourth-order valence-electron chi connectivity index (χ4n) is 3.53. The van der Waals surface area contributed by atoms with Crippen LogP contribution >= 0.6 is 39.3 Å². The summed E-state index contributed by atoms with van der Waals surface area (Å²) in [6.07, 6.45) is 0. The Balaban J connectivity index is 1.76. The fraction of sp³-hybridized carbons (Fsp3) is 0.136. The second-order valence-electron chi connectivity index (χ2n) is 6.60. The molecular formula is C22H17BrClNO2S. The number of hydrogen-bond acceptors (Lipinski definition) is 3. The van der Waals surface area contributed by atoms with Gasteiger partial charge in [0, 0.05) is 26.6 Å². The summed E-state index contributed by atoms with van der Waals surface area (Å²) in [5, 5.41) is 10.5. The maximum Gasteiger partial charge on any atom is 0.327 e. The van der Waals surface area contributed by atoms with Crippen molar-refractivity contribution in [1.29, 1.82) is 0 Å². The Labute approximate surface area is 181 Å². The predicted octanol–water partition coefficient (Wildman–Crippen LogP) is 6.41. The molecule has 1 aliphatic rings. The Kier molecular flexibility index (Phi) is 5.67. The molecule has 0 aliphatic carbocycles. The number of benzene rings is 3. The number of halogens is 2. The molecule has 0 fully saturated rings. The number of fused-ring (bicyclic) bond motifs is 1. The number of anilines is 1. The normalized spacial score (nSPS) is 18.1. The Morgan fingerprint density at radius 2 is 1.86 bits per heavy atom. The van der Waals surface area contributed by atoms with Gasteiger partial charge >= 0.3 is 5.97 Å². The Morgan fingerprint density at radius 1 is 1.07 bits per heavy atom. The van der Waals surface area contributed by atoms with E-state index in [4.69, 9.17) is 11.6 Å². The standard InChI is InChI=1S/C22H17BrClNO2S/c23-15-7-4-8-17(11-15)28-21-18-10-9-16(24)12-19(18)25(20(21)22(26)27)13-14-5-2-1-3-6-14/h1-12,20-21H,13H2,(H,26,27). The van der Waals surface area contributed by atoms with E-state index in [0.717, 1.165) is 26.2 Å². The van der Waals surface area contributed by atoms with Crippen molar-refractivity contribution in [2.24, 2.45) is 0 Å². The van der Waals surface area contributed by atoms with E-state index in [1.165, 1.54) is 0 Å². The largest absolute Gasteiger partial charge is 0.480 e. The van der Waals surface area contributed by atoms with Gasteiger partial charge in [0.05, 0.1) is 5.25 Å². The topological polar surface area (TPSA) is 40.5 Å². The van der Waals surface area contributed by atoms with E-state index < -0.39 is 12.0 Å². The van der Waals surface area contributed by atoms with E-state index in [2.05, 4.69) is 15.9 Å². The van der Waals surface area contributed by atoms with E-state index in [-0.39, 0.29) is 5.25 Å². The predicted molar refractivity (Wildman–Crippen MR) is 118 cm³/mol. The zero-order valence-electron chi connectivity index (χ0n) is 14.8. The number of hydrogen-bond donors (Lipinski definition) is 1. The molecule has 0 bridgehead atoms. The summed E-state index contributed by atoms with van der Waals surface area (Å²) >= 11 is 11.3. The summed E-state index contributed by atoms with van der Waals surface area (Å²) in [4.78, 5) is 15.3. The van der Waals surface area contributed by atoms with Crippen LogP contribution in [0.4, 0.5) is 5.69 Å². The number of carboxylic acids is 1. The van der Waals surface area contributed by atoms with Crippen LogP contribution in [-0.2, 0) is 11.3 Å². The summed E-state index contributed by atoms with van der Waals surface area (Å²) in [7, 11) is 0. The number of aliphatic carboxylic acids is 1. The highest BCUT2D eigenvalue weighted by Crippen LogP contribution is 2.51. The second-order valence-corrected chi connectivity index (χ2v) is 9.16. The highest BCUT2D eigenvalue weighted by Gasteiger charge is 2.43. The van der Waals surface area contributed by atoms with Gasteiger partial charge in [0.15, 0.2) is 0 Å². The van der Waals surface area contributed by atoms with Gasteiger partial charge in [-0.2, -0.15) is 0 Å². The lowest BCUT2D eigenvalue weighted by Gasteiger charge is -2.27. The van der Waals surface area contributed by atoms with Crippen LogP contribution in [0.15, 0.2) is 82.2 Å². The molecule has 6 heteroatoms. The first-order valence-corrected chi connectivity index (χ1v) is 10.8. The van der Waals surface area contributed by atoms with E-state index in [0.29, 0.717) is 11.6 Å². The Morgan fingerprint density at radius 3 is 2.57 bits per heavy atom. The van der Waals surface area contributed by atoms with Crippen molar-refractivity contribution < 1.29 is 9.90 Å². The van der Waals surface area contributed by atoms with E-state index in [1.54, 1.807) is 11.8 Å². The first-order chi connectivity index (χ1) is 13.5. The lowest BCUT2D eigenvalue weighted by Crippen LogP contribution is -2.39. The zero-order chi connectivity index (χ0) is 19.7. The molecule has 4 rings (SSSR count). The van der Waals surface area contributed by atoms with Crippen LogP contribution in [0.25, 0.3) is 0 Å². The average molecular weight is 475 g/mol. The monoisotopic (exact) mass is 473 g/mol. The highest BCUT2D eigenvalue weighted by molar-refractivity contribution is 9.10. The molecule has 0 radical (unpaired) electrons. The minimum absolute atomic E-state index is 0.234. The zero-order valence-corrected chi connectivity index (χ0v) is 17.9. The fourth-order valence-corrected chi connectivity index (χ4v) is 5.61. The quantitative estimate of drug-likeness (QED) is 0.464. The van der Waals surface area contributed by atoms with Gasteiger partial charge in [0.2, 0.25) is 0 Å². The average Bonchev–Trinajstić information content (AvgIpc) is 2.95. The van der Waals surface area contributed by atoms with Gasteiger partial charge < -0.3 is 10.0 Å². The van der Waals surface area contributed by atoms with Gasteiger partial charge in [-0.25, -0.2) is 4.79 Å². The maximum absolute atomic E-state index is 12.3. The van der Waals surface area contributed by atoms with Crippen molar-refractivity contribution in [3.05, 3.63) is 93.4 Å².